The Morgan fingerprint density at radius 1 is 1.32 bits per heavy atom. The molecule has 0 aromatic heterocycles. The van der Waals surface area contributed by atoms with Gasteiger partial charge in [0.1, 0.15) is 5.60 Å². The molecule has 1 N–H and O–H groups in total. The van der Waals surface area contributed by atoms with Gasteiger partial charge in [0, 0.05) is 5.92 Å². The Morgan fingerprint density at radius 3 is 2.21 bits per heavy atom. The summed E-state index contributed by atoms with van der Waals surface area (Å²) in [5, 5.41) is 3.12. The van der Waals surface area contributed by atoms with Gasteiger partial charge in [-0.15, -0.1) is 0 Å². The molecule has 0 aliphatic heterocycles. The minimum Gasteiger partial charge on any atom is -0.474 e. The molecule has 0 fully saturated rings. The van der Waals surface area contributed by atoms with Gasteiger partial charge in [-0.25, -0.2) is 0 Å². The number of Topliss-reactive ketones (excluding diaryl/α,β-unsaturated/α-hetero) is 1. The normalized spacial score (nSPS) is 13.5. The van der Waals surface area contributed by atoms with Crippen LogP contribution in [0, 0.1) is 5.92 Å². The van der Waals surface area contributed by atoms with Crippen LogP contribution in [0.25, 0.3) is 0 Å². The minimum absolute atomic E-state index is 0.00194. The van der Waals surface area contributed by atoms with Crippen molar-refractivity contribution in [2.75, 3.05) is 20.6 Å². The molecule has 0 saturated carbocycles. The van der Waals surface area contributed by atoms with Crippen molar-refractivity contribution in [1.82, 2.24) is 10.2 Å². The van der Waals surface area contributed by atoms with Crippen LogP contribution >= 0.6 is 0 Å². The van der Waals surface area contributed by atoms with Gasteiger partial charge in [0.15, 0.2) is 11.7 Å². The summed E-state index contributed by atoms with van der Waals surface area (Å²) in [5.74, 6) is 0.660. The second-order valence-electron chi connectivity index (χ2n) is 6.48. The van der Waals surface area contributed by atoms with Crippen LogP contribution < -0.4 is 5.32 Å². The third-order valence-corrected chi connectivity index (χ3v) is 2.54. The molecule has 0 aromatic carbocycles. The molecule has 0 spiro atoms. The van der Waals surface area contributed by atoms with Gasteiger partial charge in [-0.2, -0.15) is 0 Å². The van der Waals surface area contributed by atoms with Crippen molar-refractivity contribution >= 4 is 5.78 Å². The molecule has 1 atom stereocenters. The van der Waals surface area contributed by atoms with Crippen molar-refractivity contribution < 1.29 is 9.53 Å². The molecule has 1 unspecified atom stereocenters. The molecule has 112 valence electrons. The Morgan fingerprint density at radius 2 is 1.84 bits per heavy atom. The van der Waals surface area contributed by atoms with Crippen molar-refractivity contribution in [3.63, 3.8) is 0 Å². The predicted molar refractivity (Wildman–Crippen MR) is 79.9 cm³/mol. The van der Waals surface area contributed by atoms with Crippen LogP contribution in [0.3, 0.4) is 0 Å². The number of nitrogens with zero attached hydrogens (tertiary/aromatic N) is 1. The van der Waals surface area contributed by atoms with E-state index in [1.165, 1.54) is 0 Å². The van der Waals surface area contributed by atoms with Gasteiger partial charge >= 0.3 is 0 Å². The monoisotopic (exact) mass is 270 g/mol. The summed E-state index contributed by atoms with van der Waals surface area (Å²) in [5.41, 5.74) is -0.308. The maximum Gasteiger partial charge on any atom is 0.180 e. The van der Waals surface area contributed by atoms with Crippen molar-refractivity contribution in [2.45, 2.75) is 52.7 Å². The topological polar surface area (TPSA) is 41.6 Å². The third kappa shape index (κ3) is 8.65. The van der Waals surface area contributed by atoms with Gasteiger partial charge in [0.25, 0.3) is 0 Å². The summed E-state index contributed by atoms with van der Waals surface area (Å²) < 4.78 is 5.63. The lowest BCUT2D eigenvalue weighted by Gasteiger charge is -2.27. The van der Waals surface area contributed by atoms with Crippen LogP contribution in [0.1, 0.15) is 41.0 Å². The summed E-state index contributed by atoms with van der Waals surface area (Å²) in [7, 11) is 3.99. The standard InChI is InChI=1S/C15H30N2O2/c1-11(2)14(18)13(9-10-17(7)8)16-12(3)19-15(4,5)6/h11,13,16H,3,9-10H2,1-2,4-8H3. The second kappa shape index (κ2) is 7.53. The second-order valence-corrected chi connectivity index (χ2v) is 6.48. The Kier molecular flexibility index (Phi) is 7.12. The van der Waals surface area contributed by atoms with E-state index >= 15 is 0 Å². The fraction of sp³-hybridized carbons (Fsp3) is 0.800. The van der Waals surface area contributed by atoms with Crippen LogP contribution in [0.5, 0.6) is 0 Å². The van der Waals surface area contributed by atoms with E-state index in [0.717, 1.165) is 13.0 Å². The Bertz CT molecular complexity index is 304. The molecule has 0 aliphatic rings. The highest BCUT2D eigenvalue weighted by molar-refractivity contribution is 5.85. The molecule has 0 radical (unpaired) electrons. The van der Waals surface area contributed by atoms with Crippen LogP contribution in [0.15, 0.2) is 12.5 Å². The molecule has 0 bridgehead atoms. The number of ketones is 1. The molecule has 19 heavy (non-hydrogen) atoms. The lowest BCUT2D eigenvalue weighted by atomic mass is 9.99. The number of carbonyl (C=O) groups is 1. The van der Waals surface area contributed by atoms with Crippen LogP contribution in [-0.2, 0) is 9.53 Å². The van der Waals surface area contributed by atoms with Crippen molar-refractivity contribution in [2.24, 2.45) is 5.92 Å². The molecule has 4 nitrogen and oxygen atoms in total. The molecule has 4 heteroatoms. The summed E-state index contributed by atoms with van der Waals surface area (Å²) in [6, 6.07) is -0.239. The largest absolute Gasteiger partial charge is 0.474 e. The molecule has 0 aliphatic carbocycles. The van der Waals surface area contributed by atoms with E-state index in [0.29, 0.717) is 5.88 Å². The van der Waals surface area contributed by atoms with E-state index in [1.54, 1.807) is 0 Å². The quantitative estimate of drug-likeness (QED) is 0.688. The number of ether oxygens (including phenoxy) is 1. The fourth-order valence-electron chi connectivity index (χ4n) is 1.67. The summed E-state index contributed by atoms with van der Waals surface area (Å²) >= 11 is 0. The number of hydrogen-bond donors (Lipinski definition) is 1. The van der Waals surface area contributed by atoms with E-state index < -0.39 is 0 Å². The van der Waals surface area contributed by atoms with Gasteiger partial charge in [0.05, 0.1) is 6.04 Å². The smallest absolute Gasteiger partial charge is 0.180 e. The Labute approximate surface area is 118 Å². The maximum absolute atomic E-state index is 12.2. The van der Waals surface area contributed by atoms with Gasteiger partial charge in [-0.1, -0.05) is 13.8 Å². The van der Waals surface area contributed by atoms with Crippen LogP contribution in [0.2, 0.25) is 0 Å². The lowest BCUT2D eigenvalue weighted by Crippen LogP contribution is -2.42. The average Bonchev–Trinajstić information content (AvgIpc) is 2.20. The van der Waals surface area contributed by atoms with Crippen molar-refractivity contribution in [1.29, 1.82) is 0 Å². The highest BCUT2D eigenvalue weighted by Crippen LogP contribution is 2.13. The predicted octanol–water partition coefficient (Wildman–Crippen LogP) is 2.41. The first-order valence-corrected chi connectivity index (χ1v) is 6.86. The highest BCUT2D eigenvalue weighted by Gasteiger charge is 2.23. The first-order chi connectivity index (χ1) is 8.53. The average molecular weight is 270 g/mol. The molecular weight excluding hydrogens is 240 g/mol. The number of rotatable bonds is 8. The summed E-state index contributed by atoms with van der Waals surface area (Å²) in [4.78, 5) is 14.2. The van der Waals surface area contributed by atoms with E-state index in [9.17, 15) is 4.79 Å². The van der Waals surface area contributed by atoms with E-state index in [1.807, 2.05) is 48.7 Å². The Hall–Kier alpha value is -1.03. The van der Waals surface area contributed by atoms with Crippen LogP contribution in [0.4, 0.5) is 0 Å². The van der Waals surface area contributed by atoms with Gasteiger partial charge < -0.3 is 15.0 Å². The number of hydrogen-bond acceptors (Lipinski definition) is 4. The van der Waals surface area contributed by atoms with Crippen molar-refractivity contribution in [3.05, 3.63) is 12.5 Å². The number of carbonyl (C=O) groups excluding carboxylic acids is 1. The molecular formula is C15H30N2O2. The zero-order valence-electron chi connectivity index (χ0n) is 13.5. The highest BCUT2D eigenvalue weighted by atomic mass is 16.5. The van der Waals surface area contributed by atoms with Gasteiger partial charge in [-0.05, 0) is 54.4 Å². The number of nitrogens with one attached hydrogen (secondary N) is 1. The van der Waals surface area contributed by atoms with Gasteiger partial charge in [-0.3, -0.25) is 4.79 Å². The van der Waals surface area contributed by atoms with E-state index in [2.05, 4.69) is 16.8 Å². The SMILES string of the molecule is C=C(NC(CCN(C)C)C(=O)C(C)C)OC(C)(C)C. The van der Waals surface area contributed by atoms with Crippen molar-refractivity contribution in [3.8, 4) is 0 Å². The molecule has 0 aromatic rings. The minimum atomic E-state index is -0.308. The summed E-state index contributed by atoms with van der Waals surface area (Å²) in [6.07, 6.45) is 0.747. The van der Waals surface area contributed by atoms with E-state index in [-0.39, 0.29) is 23.3 Å². The van der Waals surface area contributed by atoms with Crippen LogP contribution in [-0.4, -0.2) is 43.0 Å². The third-order valence-electron chi connectivity index (χ3n) is 2.54. The zero-order chi connectivity index (χ0) is 15.2. The Balaban J connectivity index is 4.58. The summed E-state index contributed by atoms with van der Waals surface area (Å²) in [6.45, 7) is 14.4. The van der Waals surface area contributed by atoms with E-state index in [4.69, 9.17) is 4.74 Å². The lowest BCUT2D eigenvalue weighted by molar-refractivity contribution is -0.124. The zero-order valence-corrected chi connectivity index (χ0v) is 13.5. The molecule has 0 saturated heterocycles. The maximum atomic E-state index is 12.2. The van der Waals surface area contributed by atoms with Gasteiger partial charge in [0.2, 0.25) is 0 Å². The first kappa shape index (κ1) is 18.0. The molecule has 0 rings (SSSR count). The first-order valence-electron chi connectivity index (χ1n) is 6.86. The molecule has 0 heterocycles. The molecule has 0 amide bonds. The fourth-order valence-corrected chi connectivity index (χ4v) is 1.67.